The van der Waals surface area contributed by atoms with E-state index in [0.29, 0.717) is 0 Å². The first-order valence-electron chi connectivity index (χ1n) is 3.77. The molecule has 60 valence electrons. The molecule has 0 radical (unpaired) electrons. The molecule has 2 rings (SSSR count). The van der Waals surface area contributed by atoms with Gasteiger partial charge in [0, 0.05) is 24.4 Å². The number of rotatable bonds is 0. The van der Waals surface area contributed by atoms with Gasteiger partial charge in [-0.15, -0.1) is 11.3 Å². The van der Waals surface area contributed by atoms with E-state index >= 15 is 0 Å². The second kappa shape index (κ2) is 2.89. The van der Waals surface area contributed by atoms with E-state index in [1.54, 1.807) is 11.3 Å². The molecule has 0 saturated heterocycles. The molecule has 0 saturated carbocycles. The highest BCUT2D eigenvalue weighted by Gasteiger charge is 2.12. The van der Waals surface area contributed by atoms with Crippen molar-refractivity contribution in [2.24, 2.45) is 5.84 Å². The van der Waals surface area contributed by atoms with Crippen LogP contribution >= 0.6 is 11.3 Å². The van der Waals surface area contributed by atoms with Gasteiger partial charge in [-0.2, -0.15) is 0 Å². The van der Waals surface area contributed by atoms with Crippen LogP contribution in [0.2, 0.25) is 0 Å². The zero-order valence-corrected chi connectivity index (χ0v) is 7.10. The maximum atomic E-state index is 5.68. The second-order valence-corrected chi connectivity index (χ2v) is 3.70. The summed E-state index contributed by atoms with van der Waals surface area (Å²) in [5.74, 6) is 5.68. The Bertz CT molecular complexity index is 223. The molecule has 0 bridgehead atoms. The SMILES string of the molecule is NN1CCc2ncsc2CC1. The average Bonchev–Trinajstić information content (AvgIpc) is 2.38. The van der Waals surface area contributed by atoms with Gasteiger partial charge in [-0.05, 0) is 6.42 Å². The maximum Gasteiger partial charge on any atom is 0.0797 e. The Labute approximate surface area is 69.8 Å². The molecule has 1 aromatic rings. The van der Waals surface area contributed by atoms with Crippen molar-refractivity contribution in [1.82, 2.24) is 9.99 Å². The first-order valence-corrected chi connectivity index (χ1v) is 4.65. The topological polar surface area (TPSA) is 42.1 Å². The smallest absolute Gasteiger partial charge is 0.0797 e. The van der Waals surface area contributed by atoms with E-state index < -0.39 is 0 Å². The number of nitrogens with two attached hydrogens (primary N) is 1. The van der Waals surface area contributed by atoms with Gasteiger partial charge in [0.25, 0.3) is 0 Å². The van der Waals surface area contributed by atoms with Crippen LogP contribution in [0, 0.1) is 0 Å². The van der Waals surface area contributed by atoms with E-state index in [2.05, 4.69) is 4.98 Å². The van der Waals surface area contributed by atoms with Gasteiger partial charge in [0.2, 0.25) is 0 Å². The molecule has 0 spiro atoms. The number of hydrogen-bond donors (Lipinski definition) is 1. The van der Waals surface area contributed by atoms with Crippen molar-refractivity contribution in [3.8, 4) is 0 Å². The third kappa shape index (κ3) is 1.42. The van der Waals surface area contributed by atoms with Crippen LogP contribution in [0.25, 0.3) is 0 Å². The minimum atomic E-state index is 0.941. The Morgan fingerprint density at radius 3 is 3.18 bits per heavy atom. The predicted molar refractivity (Wildman–Crippen MR) is 45.3 cm³/mol. The Hall–Kier alpha value is -0.450. The van der Waals surface area contributed by atoms with Crippen LogP contribution in [-0.2, 0) is 12.8 Å². The molecule has 0 aromatic carbocycles. The number of thiazole rings is 1. The highest BCUT2D eigenvalue weighted by Crippen LogP contribution is 2.17. The highest BCUT2D eigenvalue weighted by atomic mass is 32.1. The van der Waals surface area contributed by atoms with Crippen LogP contribution < -0.4 is 5.84 Å². The quantitative estimate of drug-likeness (QED) is 0.572. The van der Waals surface area contributed by atoms with E-state index in [1.807, 2.05) is 10.5 Å². The minimum Gasteiger partial charge on any atom is -0.269 e. The van der Waals surface area contributed by atoms with Crippen LogP contribution in [0.1, 0.15) is 10.6 Å². The second-order valence-electron chi connectivity index (χ2n) is 2.76. The van der Waals surface area contributed by atoms with E-state index in [-0.39, 0.29) is 0 Å². The van der Waals surface area contributed by atoms with Gasteiger partial charge in [0.1, 0.15) is 0 Å². The zero-order chi connectivity index (χ0) is 7.68. The lowest BCUT2D eigenvalue weighted by atomic mass is 10.2. The molecule has 1 aliphatic rings. The molecular formula is C7H11N3S. The monoisotopic (exact) mass is 169 g/mol. The van der Waals surface area contributed by atoms with Crippen LogP contribution in [0.15, 0.2) is 5.51 Å². The summed E-state index contributed by atoms with van der Waals surface area (Å²) in [4.78, 5) is 5.70. The number of hydrogen-bond acceptors (Lipinski definition) is 4. The lowest BCUT2D eigenvalue weighted by molar-refractivity contribution is 0.298. The van der Waals surface area contributed by atoms with E-state index in [0.717, 1.165) is 25.9 Å². The number of hydrazine groups is 1. The summed E-state index contributed by atoms with van der Waals surface area (Å²) in [5.41, 5.74) is 3.18. The number of nitrogens with zero attached hydrogens (tertiary/aromatic N) is 2. The van der Waals surface area contributed by atoms with Crippen molar-refractivity contribution < 1.29 is 0 Å². The molecule has 3 nitrogen and oxygen atoms in total. The molecular weight excluding hydrogens is 158 g/mol. The largest absolute Gasteiger partial charge is 0.269 e. The first-order chi connectivity index (χ1) is 5.36. The van der Waals surface area contributed by atoms with Crippen LogP contribution in [-0.4, -0.2) is 23.1 Å². The molecule has 2 heterocycles. The van der Waals surface area contributed by atoms with Crippen LogP contribution in [0.4, 0.5) is 0 Å². The molecule has 0 fully saturated rings. The van der Waals surface area contributed by atoms with Gasteiger partial charge in [-0.3, -0.25) is 5.84 Å². The lowest BCUT2D eigenvalue weighted by Crippen LogP contribution is -2.33. The summed E-state index contributed by atoms with van der Waals surface area (Å²) in [7, 11) is 0. The van der Waals surface area contributed by atoms with Crippen molar-refractivity contribution in [1.29, 1.82) is 0 Å². The maximum absolute atomic E-state index is 5.68. The van der Waals surface area contributed by atoms with Gasteiger partial charge in [-0.1, -0.05) is 0 Å². The zero-order valence-electron chi connectivity index (χ0n) is 6.29. The summed E-state index contributed by atoms with van der Waals surface area (Å²) < 4.78 is 0. The molecule has 1 aromatic heterocycles. The van der Waals surface area contributed by atoms with E-state index in [4.69, 9.17) is 5.84 Å². The fourth-order valence-electron chi connectivity index (χ4n) is 1.31. The summed E-state index contributed by atoms with van der Waals surface area (Å²) in [6.07, 6.45) is 2.08. The number of aromatic nitrogens is 1. The molecule has 0 atom stereocenters. The molecule has 0 amide bonds. The number of fused-ring (bicyclic) bond motifs is 1. The van der Waals surface area contributed by atoms with E-state index in [1.165, 1.54) is 10.6 Å². The Morgan fingerprint density at radius 1 is 1.45 bits per heavy atom. The molecule has 4 heteroatoms. The Kier molecular flexibility index (Phi) is 1.89. The summed E-state index contributed by atoms with van der Waals surface area (Å²) in [6, 6.07) is 0. The van der Waals surface area contributed by atoms with Gasteiger partial charge in [0.15, 0.2) is 0 Å². The summed E-state index contributed by atoms with van der Waals surface area (Å²) in [6.45, 7) is 1.91. The normalized spacial score (nSPS) is 19.4. The third-order valence-corrected chi connectivity index (χ3v) is 2.92. The van der Waals surface area contributed by atoms with Crippen molar-refractivity contribution in [3.05, 3.63) is 16.1 Å². The minimum absolute atomic E-state index is 0.941. The molecule has 0 aliphatic carbocycles. The molecule has 0 unspecified atom stereocenters. The molecule has 11 heavy (non-hydrogen) atoms. The lowest BCUT2D eigenvalue weighted by Gasteiger charge is -2.10. The van der Waals surface area contributed by atoms with Crippen molar-refractivity contribution in [2.45, 2.75) is 12.8 Å². The first kappa shape index (κ1) is 7.21. The fourth-order valence-corrected chi connectivity index (χ4v) is 2.11. The Morgan fingerprint density at radius 2 is 2.27 bits per heavy atom. The third-order valence-electron chi connectivity index (χ3n) is 1.99. The van der Waals surface area contributed by atoms with Gasteiger partial charge in [0.05, 0.1) is 11.2 Å². The van der Waals surface area contributed by atoms with Crippen molar-refractivity contribution in [2.75, 3.05) is 13.1 Å². The van der Waals surface area contributed by atoms with Gasteiger partial charge >= 0.3 is 0 Å². The highest BCUT2D eigenvalue weighted by molar-refractivity contribution is 7.09. The predicted octanol–water partition coefficient (Wildman–Crippen LogP) is 0.417. The van der Waals surface area contributed by atoms with E-state index in [9.17, 15) is 0 Å². The molecule has 1 aliphatic heterocycles. The van der Waals surface area contributed by atoms with Gasteiger partial charge in [-0.25, -0.2) is 9.99 Å². The summed E-state index contributed by atoms with van der Waals surface area (Å²) in [5, 5.41) is 1.87. The van der Waals surface area contributed by atoms with Gasteiger partial charge < -0.3 is 0 Å². The summed E-state index contributed by atoms with van der Waals surface area (Å²) >= 11 is 1.75. The Balaban J connectivity index is 2.20. The standard InChI is InChI=1S/C7H11N3S/c8-10-3-1-6-7(2-4-10)11-5-9-6/h5H,1-4,8H2. The van der Waals surface area contributed by atoms with Crippen LogP contribution in [0.3, 0.4) is 0 Å². The van der Waals surface area contributed by atoms with Crippen LogP contribution in [0.5, 0.6) is 0 Å². The van der Waals surface area contributed by atoms with Crippen molar-refractivity contribution in [3.63, 3.8) is 0 Å². The molecule has 2 N–H and O–H groups in total. The van der Waals surface area contributed by atoms with Crippen molar-refractivity contribution >= 4 is 11.3 Å². The average molecular weight is 169 g/mol. The fraction of sp³-hybridized carbons (Fsp3) is 0.571.